The fourth-order valence-electron chi connectivity index (χ4n) is 4.15. The maximum absolute atomic E-state index is 12.9. The van der Waals surface area contributed by atoms with Crippen LogP contribution in [-0.4, -0.2) is 60.3 Å². The van der Waals surface area contributed by atoms with Crippen molar-refractivity contribution in [3.8, 4) is 11.5 Å². The summed E-state index contributed by atoms with van der Waals surface area (Å²) >= 11 is 0. The van der Waals surface area contributed by atoms with Gasteiger partial charge in [0.05, 0.1) is 17.2 Å². The van der Waals surface area contributed by atoms with Crippen LogP contribution in [0.1, 0.15) is 43.9 Å². The lowest BCUT2D eigenvalue weighted by molar-refractivity contribution is 0.0192. The van der Waals surface area contributed by atoms with Crippen LogP contribution in [0.5, 0.6) is 11.5 Å². The van der Waals surface area contributed by atoms with Crippen LogP contribution in [0.4, 0.5) is 5.69 Å². The maximum Gasteiger partial charge on any atom is 0.338 e. The molecular formula is C28H29N3O6. The van der Waals surface area contributed by atoms with Crippen molar-refractivity contribution in [2.75, 3.05) is 25.0 Å². The quantitative estimate of drug-likeness (QED) is 0.381. The Morgan fingerprint density at radius 1 is 0.946 bits per heavy atom. The summed E-state index contributed by atoms with van der Waals surface area (Å²) in [6, 6.07) is 18.2. The largest absolute Gasteiger partial charge is 0.508 e. The number of hydrogen-bond acceptors (Lipinski definition) is 7. The molecule has 0 aliphatic carbocycles. The summed E-state index contributed by atoms with van der Waals surface area (Å²) in [5.74, 6) is -1.27. The average Bonchev–Trinajstić information content (AvgIpc) is 3.13. The highest BCUT2D eigenvalue weighted by atomic mass is 16.5. The zero-order chi connectivity index (χ0) is 26.4. The Morgan fingerprint density at radius 3 is 2.32 bits per heavy atom. The molecule has 9 nitrogen and oxygen atoms in total. The van der Waals surface area contributed by atoms with Gasteiger partial charge in [-0.15, -0.1) is 0 Å². The third-order valence-electron chi connectivity index (χ3n) is 6.29. The molecule has 192 valence electrons. The highest BCUT2D eigenvalue weighted by molar-refractivity contribution is 6.07. The molecule has 4 rings (SSSR count). The van der Waals surface area contributed by atoms with Crippen molar-refractivity contribution in [2.45, 2.75) is 25.0 Å². The lowest BCUT2D eigenvalue weighted by atomic mass is 10.1. The molecule has 0 saturated carbocycles. The molecule has 3 aromatic carbocycles. The number of anilines is 1. The normalized spacial score (nSPS) is 17.3. The number of hydrogen-bond donors (Lipinski definition) is 4. The minimum absolute atomic E-state index is 0.0688. The smallest absolute Gasteiger partial charge is 0.338 e. The van der Waals surface area contributed by atoms with Crippen LogP contribution in [0, 0.1) is 0 Å². The summed E-state index contributed by atoms with van der Waals surface area (Å²) < 4.78 is 5.81. The first kappa shape index (κ1) is 25.7. The molecule has 1 aliphatic rings. The van der Waals surface area contributed by atoms with E-state index in [0.717, 1.165) is 13.0 Å². The molecule has 1 aliphatic heterocycles. The van der Waals surface area contributed by atoms with Crippen molar-refractivity contribution in [1.82, 2.24) is 10.6 Å². The van der Waals surface area contributed by atoms with Crippen LogP contribution < -0.4 is 15.5 Å². The van der Waals surface area contributed by atoms with Gasteiger partial charge in [-0.3, -0.25) is 9.59 Å². The van der Waals surface area contributed by atoms with Crippen LogP contribution in [0.3, 0.4) is 0 Å². The van der Waals surface area contributed by atoms with E-state index in [-0.39, 0.29) is 28.9 Å². The summed E-state index contributed by atoms with van der Waals surface area (Å²) in [5, 5.41) is 25.6. The van der Waals surface area contributed by atoms with Crippen LogP contribution in [0.15, 0.2) is 72.8 Å². The predicted octanol–water partition coefficient (Wildman–Crippen LogP) is 3.08. The first-order valence-corrected chi connectivity index (χ1v) is 12.0. The molecule has 1 fully saturated rings. The molecular weight excluding hydrogens is 474 g/mol. The van der Waals surface area contributed by atoms with Crippen molar-refractivity contribution in [3.05, 3.63) is 89.5 Å². The number of phenolic OH excluding ortho intramolecular Hbond substituents is 2. The molecule has 0 unspecified atom stereocenters. The molecule has 2 atom stereocenters. The molecule has 2 amide bonds. The first-order valence-electron chi connectivity index (χ1n) is 12.0. The lowest BCUT2D eigenvalue weighted by Gasteiger charge is -2.26. The minimum atomic E-state index is -0.534. The second-order valence-electron chi connectivity index (χ2n) is 8.85. The van der Waals surface area contributed by atoms with E-state index >= 15 is 0 Å². The number of para-hydroxylation sites is 1. The Morgan fingerprint density at radius 2 is 1.62 bits per heavy atom. The molecule has 0 bridgehead atoms. The number of rotatable bonds is 6. The van der Waals surface area contributed by atoms with Crippen LogP contribution in [0.2, 0.25) is 0 Å². The highest BCUT2D eigenvalue weighted by Gasteiger charge is 2.29. The standard InChI is InChI=1S/C28H29N3O6/c1-31(27(35)22-5-2-3-6-24(22)33)20-12-8-19(9-13-20)28(36)37-25-7-4-16-29-17-23(25)30-26(34)18-10-14-21(32)15-11-18/h2-3,5-6,8-15,23,25,29,32-33H,4,7,16-17H2,1H3,(H,30,34)/t23-,25-/m1/s1. The van der Waals surface area contributed by atoms with Gasteiger partial charge in [0.15, 0.2) is 0 Å². The molecule has 9 heteroatoms. The monoisotopic (exact) mass is 503 g/mol. The van der Waals surface area contributed by atoms with Gasteiger partial charge in [-0.1, -0.05) is 12.1 Å². The van der Waals surface area contributed by atoms with Crippen LogP contribution in [-0.2, 0) is 4.74 Å². The third-order valence-corrected chi connectivity index (χ3v) is 6.29. The SMILES string of the molecule is CN(C(=O)c1ccccc1O)c1ccc(C(=O)O[C@@H]2CCCNC[C@H]2NC(=O)c2ccc(O)cc2)cc1. The second-order valence-corrected chi connectivity index (χ2v) is 8.85. The van der Waals surface area contributed by atoms with Gasteiger partial charge < -0.3 is 30.5 Å². The van der Waals surface area contributed by atoms with Crippen molar-refractivity contribution in [3.63, 3.8) is 0 Å². The number of nitrogens with zero attached hydrogens (tertiary/aromatic N) is 1. The van der Waals surface area contributed by atoms with Gasteiger partial charge in [0, 0.05) is 24.8 Å². The van der Waals surface area contributed by atoms with Crippen molar-refractivity contribution >= 4 is 23.5 Å². The van der Waals surface area contributed by atoms with Crippen LogP contribution in [0.25, 0.3) is 0 Å². The number of carbonyl (C=O) groups excluding carboxylic acids is 3. The van der Waals surface area contributed by atoms with Gasteiger partial charge in [-0.25, -0.2) is 4.79 Å². The lowest BCUT2D eigenvalue weighted by Crippen LogP contribution is -2.49. The average molecular weight is 504 g/mol. The first-order chi connectivity index (χ1) is 17.8. The number of amides is 2. The number of phenols is 2. The summed E-state index contributed by atoms with van der Waals surface area (Å²) in [4.78, 5) is 39.8. The van der Waals surface area contributed by atoms with E-state index in [9.17, 15) is 24.6 Å². The van der Waals surface area contributed by atoms with E-state index < -0.39 is 18.1 Å². The molecule has 0 radical (unpaired) electrons. The second kappa shape index (κ2) is 11.6. The fourth-order valence-corrected chi connectivity index (χ4v) is 4.15. The zero-order valence-corrected chi connectivity index (χ0v) is 20.4. The topological polar surface area (TPSA) is 128 Å². The van der Waals surface area contributed by atoms with Gasteiger partial charge in [0.2, 0.25) is 0 Å². The third kappa shape index (κ3) is 6.25. The van der Waals surface area contributed by atoms with E-state index in [1.54, 1.807) is 49.5 Å². The van der Waals surface area contributed by atoms with E-state index in [4.69, 9.17) is 4.74 Å². The van der Waals surface area contributed by atoms with Gasteiger partial charge in [-0.2, -0.15) is 0 Å². The van der Waals surface area contributed by atoms with E-state index in [2.05, 4.69) is 10.6 Å². The minimum Gasteiger partial charge on any atom is -0.508 e. The Labute approximate surface area is 214 Å². The van der Waals surface area contributed by atoms with Crippen molar-refractivity contribution in [1.29, 1.82) is 0 Å². The van der Waals surface area contributed by atoms with Crippen molar-refractivity contribution < 1.29 is 29.3 Å². The summed E-state index contributed by atoms with van der Waals surface area (Å²) in [7, 11) is 1.59. The van der Waals surface area contributed by atoms with E-state index in [1.807, 2.05) is 0 Å². The number of aromatic hydroxyl groups is 2. The number of nitrogens with one attached hydrogen (secondary N) is 2. The number of carbonyl (C=O) groups is 3. The molecule has 1 heterocycles. The van der Waals surface area contributed by atoms with E-state index in [0.29, 0.717) is 29.8 Å². The molecule has 0 spiro atoms. The molecule has 4 N–H and O–H groups in total. The Balaban J connectivity index is 1.42. The molecule has 3 aromatic rings. The van der Waals surface area contributed by atoms with E-state index in [1.165, 1.54) is 35.2 Å². The Kier molecular flexibility index (Phi) is 8.05. The number of ether oxygens (including phenoxy) is 1. The fraction of sp³-hybridized carbons (Fsp3) is 0.250. The number of esters is 1. The zero-order valence-electron chi connectivity index (χ0n) is 20.4. The maximum atomic E-state index is 12.9. The summed E-state index contributed by atoms with van der Waals surface area (Å²) in [6.07, 6.45) is 0.824. The molecule has 1 saturated heterocycles. The summed E-state index contributed by atoms with van der Waals surface area (Å²) in [6.45, 7) is 1.19. The van der Waals surface area contributed by atoms with Crippen LogP contribution >= 0.6 is 0 Å². The van der Waals surface area contributed by atoms with Gasteiger partial charge in [0.25, 0.3) is 11.8 Å². The van der Waals surface area contributed by atoms with Gasteiger partial charge in [-0.05, 0) is 80.1 Å². The van der Waals surface area contributed by atoms with Gasteiger partial charge in [0.1, 0.15) is 17.6 Å². The Hall–Kier alpha value is -4.37. The Bertz CT molecular complexity index is 1260. The van der Waals surface area contributed by atoms with Gasteiger partial charge >= 0.3 is 5.97 Å². The van der Waals surface area contributed by atoms with Crippen molar-refractivity contribution in [2.24, 2.45) is 0 Å². The highest BCUT2D eigenvalue weighted by Crippen LogP contribution is 2.22. The predicted molar refractivity (Wildman–Crippen MR) is 138 cm³/mol. The molecule has 0 aromatic heterocycles. The number of benzene rings is 3. The molecule has 37 heavy (non-hydrogen) atoms. The summed E-state index contributed by atoms with van der Waals surface area (Å²) in [5.41, 5.74) is 1.43.